The molecule has 0 bridgehead atoms. The van der Waals surface area contributed by atoms with Crippen LogP contribution in [0.2, 0.25) is 0 Å². The number of carbonyl (C=O) groups excluding carboxylic acids is 1. The van der Waals surface area contributed by atoms with Crippen LogP contribution in [0, 0.1) is 5.82 Å². The first-order chi connectivity index (χ1) is 14.5. The molecule has 156 valence electrons. The van der Waals surface area contributed by atoms with Gasteiger partial charge in [0, 0.05) is 38.4 Å². The topological polar surface area (TPSA) is 67.7 Å². The zero-order chi connectivity index (χ0) is 21.3. The first-order valence-electron chi connectivity index (χ1n) is 9.90. The minimum atomic E-state index is -0.531. The molecule has 0 radical (unpaired) electrons. The summed E-state index contributed by atoms with van der Waals surface area (Å²) in [5.41, 5.74) is 0.880. The number of ether oxygens (including phenoxy) is 1. The van der Waals surface area contributed by atoms with Gasteiger partial charge in [-0.3, -0.25) is 14.3 Å². The van der Waals surface area contributed by atoms with E-state index in [1.807, 2.05) is 31.2 Å². The molecule has 0 aliphatic carbocycles. The number of aryl methyl sites for hydroxylation is 1. The lowest BCUT2D eigenvalue weighted by atomic mass is 10.1. The van der Waals surface area contributed by atoms with E-state index in [9.17, 15) is 14.0 Å². The molecule has 0 unspecified atom stereocenters. The highest BCUT2D eigenvalue weighted by Crippen LogP contribution is 2.21. The Hall–Kier alpha value is -3.42. The van der Waals surface area contributed by atoms with E-state index in [1.54, 1.807) is 16.7 Å². The van der Waals surface area contributed by atoms with E-state index in [-0.39, 0.29) is 11.1 Å². The zero-order valence-electron chi connectivity index (χ0n) is 17.0. The highest BCUT2D eigenvalue weighted by Gasteiger charge is 2.26. The van der Waals surface area contributed by atoms with Crippen LogP contribution in [0.5, 0.6) is 5.75 Å². The number of amides is 1. The molecule has 1 saturated heterocycles. The van der Waals surface area contributed by atoms with E-state index < -0.39 is 17.2 Å². The fourth-order valence-electron chi connectivity index (χ4n) is 3.75. The fraction of sp³-hybridized carbons (Fsp3) is 0.318. The Morgan fingerprint density at radius 3 is 2.43 bits per heavy atom. The first kappa shape index (κ1) is 19.9. The van der Waals surface area contributed by atoms with E-state index in [1.165, 1.54) is 18.2 Å². The van der Waals surface area contributed by atoms with E-state index in [2.05, 4.69) is 10.00 Å². The van der Waals surface area contributed by atoms with Crippen LogP contribution < -0.4 is 15.1 Å². The molecule has 1 fully saturated rings. The molecule has 1 amide bonds. The van der Waals surface area contributed by atoms with Gasteiger partial charge in [-0.05, 0) is 49.4 Å². The van der Waals surface area contributed by atoms with Crippen LogP contribution in [-0.2, 0) is 6.54 Å². The van der Waals surface area contributed by atoms with E-state index >= 15 is 0 Å². The standard InChI is InChI=1S/C22H23FN4O3/c1-3-27-19-9-4-15(23)14-18(19)21(28)20(24-27)22(29)26-12-10-25(11-13-26)16-5-7-17(30-2)8-6-16/h4-9,14H,3,10-13H2,1-2H3. The van der Waals surface area contributed by atoms with E-state index in [0.717, 1.165) is 11.4 Å². The molecule has 1 aliphatic rings. The lowest BCUT2D eigenvalue weighted by molar-refractivity contribution is 0.0737. The summed E-state index contributed by atoms with van der Waals surface area (Å²) in [5.74, 6) is -0.138. The van der Waals surface area contributed by atoms with Gasteiger partial charge < -0.3 is 14.5 Å². The van der Waals surface area contributed by atoms with Crippen molar-refractivity contribution in [3.05, 3.63) is 64.2 Å². The minimum Gasteiger partial charge on any atom is -0.497 e. The predicted molar refractivity (Wildman–Crippen MR) is 113 cm³/mol. The van der Waals surface area contributed by atoms with Crippen molar-refractivity contribution >= 4 is 22.5 Å². The van der Waals surface area contributed by atoms with Crippen molar-refractivity contribution in [1.29, 1.82) is 0 Å². The third-order valence-electron chi connectivity index (χ3n) is 5.42. The number of anilines is 1. The predicted octanol–water partition coefficient (Wildman–Crippen LogP) is 2.53. The van der Waals surface area contributed by atoms with Crippen LogP contribution in [0.4, 0.5) is 10.1 Å². The third-order valence-corrected chi connectivity index (χ3v) is 5.42. The second-order valence-corrected chi connectivity index (χ2v) is 7.13. The van der Waals surface area contributed by atoms with Gasteiger partial charge in [0.25, 0.3) is 5.91 Å². The number of hydrogen-bond donors (Lipinski definition) is 0. The summed E-state index contributed by atoms with van der Waals surface area (Å²) >= 11 is 0. The Labute approximate surface area is 173 Å². The van der Waals surface area contributed by atoms with Gasteiger partial charge in [-0.25, -0.2) is 4.39 Å². The number of methoxy groups -OCH3 is 1. The Morgan fingerprint density at radius 2 is 1.80 bits per heavy atom. The maximum absolute atomic E-state index is 13.7. The van der Waals surface area contributed by atoms with Crippen LogP contribution in [0.3, 0.4) is 0 Å². The lowest BCUT2D eigenvalue weighted by Crippen LogP contribution is -2.50. The number of nitrogens with zero attached hydrogens (tertiary/aromatic N) is 4. The van der Waals surface area contributed by atoms with Crippen LogP contribution in [-0.4, -0.2) is 53.9 Å². The lowest BCUT2D eigenvalue weighted by Gasteiger charge is -2.36. The average molecular weight is 410 g/mol. The second-order valence-electron chi connectivity index (χ2n) is 7.13. The molecule has 0 N–H and O–H groups in total. The smallest absolute Gasteiger partial charge is 0.278 e. The molecule has 4 rings (SSSR count). The summed E-state index contributed by atoms with van der Waals surface area (Å²) in [4.78, 5) is 29.7. The number of halogens is 1. The number of benzene rings is 2. The maximum atomic E-state index is 13.7. The highest BCUT2D eigenvalue weighted by atomic mass is 19.1. The third kappa shape index (κ3) is 3.60. The van der Waals surface area contributed by atoms with Crippen LogP contribution in [0.15, 0.2) is 47.3 Å². The summed E-state index contributed by atoms with van der Waals surface area (Å²) in [6.45, 7) is 4.55. The molecule has 1 aromatic heterocycles. The van der Waals surface area contributed by atoms with Gasteiger partial charge in [-0.15, -0.1) is 0 Å². The molecular formula is C22H23FN4O3. The van der Waals surface area contributed by atoms with Crippen molar-refractivity contribution in [2.24, 2.45) is 0 Å². The molecular weight excluding hydrogens is 387 g/mol. The first-order valence-corrected chi connectivity index (χ1v) is 9.90. The Kier molecular flexibility index (Phi) is 5.39. The quantitative estimate of drug-likeness (QED) is 0.661. The Morgan fingerprint density at radius 1 is 1.10 bits per heavy atom. The fourth-order valence-corrected chi connectivity index (χ4v) is 3.75. The maximum Gasteiger partial charge on any atom is 0.278 e. The molecule has 7 nitrogen and oxygen atoms in total. The highest BCUT2D eigenvalue weighted by molar-refractivity contribution is 5.95. The summed E-state index contributed by atoms with van der Waals surface area (Å²) in [5, 5.41) is 4.46. The van der Waals surface area contributed by atoms with Gasteiger partial charge in [0.05, 0.1) is 18.0 Å². The molecule has 2 aromatic carbocycles. The summed E-state index contributed by atoms with van der Waals surface area (Å²) < 4.78 is 20.5. The molecule has 8 heteroatoms. The molecule has 1 aliphatic heterocycles. The molecule has 0 saturated carbocycles. The van der Waals surface area contributed by atoms with Crippen molar-refractivity contribution in [2.45, 2.75) is 13.5 Å². The zero-order valence-corrected chi connectivity index (χ0v) is 17.0. The van der Waals surface area contributed by atoms with Gasteiger partial charge in [0.1, 0.15) is 11.6 Å². The number of aromatic nitrogens is 2. The number of rotatable bonds is 4. The molecule has 30 heavy (non-hydrogen) atoms. The summed E-state index contributed by atoms with van der Waals surface area (Å²) in [7, 11) is 1.63. The van der Waals surface area contributed by atoms with Crippen molar-refractivity contribution in [3.8, 4) is 5.75 Å². The molecule has 3 aromatic rings. The Balaban J connectivity index is 1.56. The van der Waals surface area contributed by atoms with Crippen molar-refractivity contribution < 1.29 is 13.9 Å². The van der Waals surface area contributed by atoms with E-state index in [0.29, 0.717) is 38.2 Å². The van der Waals surface area contributed by atoms with Crippen LogP contribution >= 0.6 is 0 Å². The van der Waals surface area contributed by atoms with Crippen molar-refractivity contribution in [2.75, 3.05) is 38.2 Å². The second kappa shape index (κ2) is 8.14. The summed E-state index contributed by atoms with van der Waals surface area (Å²) in [6, 6.07) is 11.7. The van der Waals surface area contributed by atoms with Gasteiger partial charge >= 0.3 is 0 Å². The van der Waals surface area contributed by atoms with Gasteiger partial charge in [-0.2, -0.15) is 5.10 Å². The number of hydrogen-bond acceptors (Lipinski definition) is 5. The van der Waals surface area contributed by atoms with Crippen LogP contribution in [0.25, 0.3) is 10.9 Å². The normalized spacial score (nSPS) is 14.2. The number of piperazine rings is 1. The van der Waals surface area contributed by atoms with Gasteiger partial charge in [-0.1, -0.05) is 0 Å². The average Bonchev–Trinajstić information content (AvgIpc) is 2.79. The minimum absolute atomic E-state index is 0.159. The van der Waals surface area contributed by atoms with E-state index in [4.69, 9.17) is 4.74 Å². The summed E-state index contributed by atoms with van der Waals surface area (Å²) in [6.07, 6.45) is 0. The molecule has 0 spiro atoms. The number of fused-ring (bicyclic) bond motifs is 1. The SMILES string of the molecule is CCn1nc(C(=O)N2CCN(c3ccc(OC)cc3)CC2)c(=O)c2cc(F)ccc21. The van der Waals surface area contributed by atoms with Crippen molar-refractivity contribution in [3.63, 3.8) is 0 Å². The van der Waals surface area contributed by atoms with Crippen molar-refractivity contribution in [1.82, 2.24) is 14.7 Å². The van der Waals surface area contributed by atoms with Gasteiger partial charge in [0.2, 0.25) is 5.43 Å². The monoisotopic (exact) mass is 410 g/mol. The largest absolute Gasteiger partial charge is 0.497 e. The number of carbonyl (C=O) groups is 1. The molecule has 2 heterocycles. The molecule has 0 atom stereocenters. The van der Waals surface area contributed by atoms with Gasteiger partial charge in [0.15, 0.2) is 5.69 Å². The van der Waals surface area contributed by atoms with Crippen LogP contribution in [0.1, 0.15) is 17.4 Å². The Bertz CT molecular complexity index is 1140.